The number of fused-ring (bicyclic) bond motifs is 1. The zero-order chi connectivity index (χ0) is 14.1. The number of hydrogen-bond donors (Lipinski definition) is 1. The summed E-state index contributed by atoms with van der Waals surface area (Å²) in [4.78, 5) is 4.67. The molecule has 0 radical (unpaired) electrons. The molecule has 3 aromatic rings. The molecule has 0 fully saturated rings. The first-order chi connectivity index (χ1) is 9.63. The van der Waals surface area contributed by atoms with Crippen molar-refractivity contribution in [3.8, 4) is 0 Å². The van der Waals surface area contributed by atoms with Crippen molar-refractivity contribution in [3.63, 3.8) is 0 Å². The van der Waals surface area contributed by atoms with Crippen LogP contribution < -0.4 is 5.73 Å². The molecule has 0 saturated heterocycles. The molecule has 2 N–H and O–H groups in total. The van der Waals surface area contributed by atoms with Gasteiger partial charge in [0.25, 0.3) is 0 Å². The van der Waals surface area contributed by atoms with Gasteiger partial charge in [0, 0.05) is 24.5 Å². The fourth-order valence-corrected chi connectivity index (χ4v) is 2.53. The van der Waals surface area contributed by atoms with Crippen molar-refractivity contribution in [2.45, 2.75) is 19.4 Å². The molecule has 4 heteroatoms. The third-order valence-corrected chi connectivity index (χ3v) is 3.50. The first kappa shape index (κ1) is 12.8. The highest BCUT2D eigenvalue weighted by Gasteiger charge is 2.13. The Labute approximate surface area is 118 Å². The van der Waals surface area contributed by atoms with Crippen molar-refractivity contribution < 1.29 is 0 Å². The van der Waals surface area contributed by atoms with E-state index in [1.165, 1.54) is 0 Å². The predicted octanol–water partition coefficient (Wildman–Crippen LogP) is 2.52. The van der Waals surface area contributed by atoms with Crippen molar-refractivity contribution in [1.82, 2.24) is 14.8 Å². The average molecular weight is 266 g/mol. The van der Waals surface area contributed by atoms with Gasteiger partial charge >= 0.3 is 0 Å². The highest BCUT2D eigenvalue weighted by Crippen LogP contribution is 2.18. The number of pyridine rings is 1. The molecule has 0 saturated carbocycles. The standard InChI is InChI=1S/C16H18N4/c1-11-9-16(20(2)19-11)14(17)10-13-8-7-12-5-3-4-6-15(12)18-13/h3-9,14H,10,17H2,1-2H3. The van der Waals surface area contributed by atoms with E-state index in [1.807, 2.05) is 49.0 Å². The van der Waals surface area contributed by atoms with Gasteiger partial charge < -0.3 is 5.73 Å². The molecule has 2 heterocycles. The molecule has 0 spiro atoms. The van der Waals surface area contributed by atoms with Crippen LogP contribution >= 0.6 is 0 Å². The predicted molar refractivity (Wildman–Crippen MR) is 80.3 cm³/mol. The number of para-hydroxylation sites is 1. The van der Waals surface area contributed by atoms with E-state index in [-0.39, 0.29) is 6.04 Å². The molecular formula is C16H18N4. The molecule has 4 nitrogen and oxygen atoms in total. The normalized spacial score (nSPS) is 12.8. The minimum Gasteiger partial charge on any atom is -0.322 e. The Hall–Kier alpha value is -2.20. The average Bonchev–Trinajstić information content (AvgIpc) is 2.78. The third kappa shape index (κ3) is 2.42. The second-order valence-corrected chi connectivity index (χ2v) is 5.14. The number of hydrogen-bond acceptors (Lipinski definition) is 3. The van der Waals surface area contributed by atoms with Crippen LogP contribution in [0.15, 0.2) is 42.5 Å². The van der Waals surface area contributed by atoms with Crippen molar-refractivity contribution in [2.75, 3.05) is 0 Å². The molecule has 0 bridgehead atoms. The molecule has 102 valence electrons. The Balaban J connectivity index is 1.87. The van der Waals surface area contributed by atoms with Gasteiger partial charge in [-0.1, -0.05) is 24.3 Å². The van der Waals surface area contributed by atoms with Gasteiger partial charge in [-0.3, -0.25) is 9.67 Å². The zero-order valence-corrected chi connectivity index (χ0v) is 11.7. The Morgan fingerprint density at radius 3 is 2.75 bits per heavy atom. The lowest BCUT2D eigenvalue weighted by molar-refractivity contribution is 0.610. The molecule has 0 amide bonds. The van der Waals surface area contributed by atoms with Crippen LogP contribution in [-0.4, -0.2) is 14.8 Å². The zero-order valence-electron chi connectivity index (χ0n) is 11.7. The highest BCUT2D eigenvalue weighted by molar-refractivity contribution is 5.78. The van der Waals surface area contributed by atoms with E-state index in [4.69, 9.17) is 5.73 Å². The summed E-state index contributed by atoms with van der Waals surface area (Å²) in [5.41, 5.74) is 10.3. The molecule has 0 aliphatic carbocycles. The van der Waals surface area contributed by atoms with Crippen LogP contribution in [0.2, 0.25) is 0 Å². The van der Waals surface area contributed by atoms with Crippen LogP contribution in [0.25, 0.3) is 10.9 Å². The van der Waals surface area contributed by atoms with E-state index < -0.39 is 0 Å². The Kier molecular flexibility index (Phi) is 3.24. The lowest BCUT2D eigenvalue weighted by atomic mass is 10.1. The SMILES string of the molecule is Cc1cc(C(N)Cc2ccc3ccccc3n2)n(C)n1. The van der Waals surface area contributed by atoms with Crippen molar-refractivity contribution in [1.29, 1.82) is 0 Å². The molecule has 1 unspecified atom stereocenters. The van der Waals surface area contributed by atoms with E-state index in [9.17, 15) is 0 Å². The fraction of sp³-hybridized carbons (Fsp3) is 0.250. The number of aryl methyl sites for hydroxylation is 2. The third-order valence-electron chi connectivity index (χ3n) is 3.50. The number of nitrogens with zero attached hydrogens (tertiary/aromatic N) is 3. The maximum absolute atomic E-state index is 6.28. The smallest absolute Gasteiger partial charge is 0.0705 e. The van der Waals surface area contributed by atoms with E-state index in [2.05, 4.69) is 22.2 Å². The molecule has 1 aromatic carbocycles. The Morgan fingerprint density at radius 2 is 2.00 bits per heavy atom. The molecule has 0 aliphatic rings. The molecule has 2 aromatic heterocycles. The summed E-state index contributed by atoms with van der Waals surface area (Å²) in [6.45, 7) is 1.98. The summed E-state index contributed by atoms with van der Waals surface area (Å²) in [5, 5.41) is 5.49. The Morgan fingerprint density at radius 1 is 1.20 bits per heavy atom. The van der Waals surface area contributed by atoms with E-state index in [0.717, 1.165) is 28.0 Å². The van der Waals surface area contributed by atoms with Gasteiger partial charge in [-0.2, -0.15) is 5.10 Å². The van der Waals surface area contributed by atoms with Crippen LogP contribution in [0.5, 0.6) is 0 Å². The monoisotopic (exact) mass is 266 g/mol. The lowest BCUT2D eigenvalue weighted by Gasteiger charge is -2.12. The second-order valence-electron chi connectivity index (χ2n) is 5.14. The minimum atomic E-state index is -0.0881. The number of nitrogens with two attached hydrogens (primary N) is 1. The summed E-state index contributed by atoms with van der Waals surface area (Å²) in [6.07, 6.45) is 0.712. The van der Waals surface area contributed by atoms with Crippen LogP contribution in [-0.2, 0) is 13.5 Å². The van der Waals surface area contributed by atoms with Gasteiger partial charge in [0.1, 0.15) is 0 Å². The van der Waals surface area contributed by atoms with Crippen LogP contribution in [0.1, 0.15) is 23.1 Å². The minimum absolute atomic E-state index is 0.0881. The summed E-state index contributed by atoms with van der Waals surface area (Å²) in [5.74, 6) is 0. The summed E-state index contributed by atoms with van der Waals surface area (Å²) < 4.78 is 1.85. The second kappa shape index (κ2) is 5.06. The van der Waals surface area contributed by atoms with Gasteiger partial charge in [-0.05, 0) is 25.1 Å². The fourth-order valence-electron chi connectivity index (χ4n) is 2.53. The summed E-state index contributed by atoms with van der Waals surface area (Å²) in [7, 11) is 1.93. The van der Waals surface area contributed by atoms with Crippen molar-refractivity contribution in [3.05, 3.63) is 59.5 Å². The van der Waals surface area contributed by atoms with Gasteiger partial charge in [0.2, 0.25) is 0 Å². The molecule has 0 aliphatic heterocycles. The maximum Gasteiger partial charge on any atom is 0.0705 e. The molecule has 1 atom stereocenters. The highest BCUT2D eigenvalue weighted by atomic mass is 15.3. The lowest BCUT2D eigenvalue weighted by Crippen LogP contribution is -2.17. The van der Waals surface area contributed by atoms with E-state index >= 15 is 0 Å². The number of aromatic nitrogens is 3. The molecule has 20 heavy (non-hydrogen) atoms. The van der Waals surface area contributed by atoms with E-state index in [0.29, 0.717) is 6.42 Å². The largest absolute Gasteiger partial charge is 0.322 e. The van der Waals surface area contributed by atoms with Crippen molar-refractivity contribution in [2.24, 2.45) is 12.8 Å². The topological polar surface area (TPSA) is 56.7 Å². The number of benzene rings is 1. The first-order valence-corrected chi connectivity index (χ1v) is 6.74. The summed E-state index contributed by atoms with van der Waals surface area (Å²) >= 11 is 0. The number of rotatable bonds is 3. The van der Waals surface area contributed by atoms with Gasteiger partial charge in [-0.25, -0.2) is 0 Å². The van der Waals surface area contributed by atoms with Crippen molar-refractivity contribution >= 4 is 10.9 Å². The van der Waals surface area contributed by atoms with Gasteiger partial charge in [0.15, 0.2) is 0 Å². The quantitative estimate of drug-likeness (QED) is 0.792. The van der Waals surface area contributed by atoms with Crippen LogP contribution in [0.3, 0.4) is 0 Å². The molecule has 3 rings (SSSR count). The Bertz CT molecular complexity index is 745. The van der Waals surface area contributed by atoms with Crippen LogP contribution in [0, 0.1) is 6.92 Å². The first-order valence-electron chi connectivity index (χ1n) is 6.74. The summed E-state index contributed by atoms with van der Waals surface area (Å²) in [6, 6.07) is 14.2. The van der Waals surface area contributed by atoms with Gasteiger partial charge in [-0.15, -0.1) is 0 Å². The maximum atomic E-state index is 6.28. The van der Waals surface area contributed by atoms with Crippen LogP contribution in [0.4, 0.5) is 0 Å². The molecular weight excluding hydrogens is 248 g/mol. The van der Waals surface area contributed by atoms with E-state index in [1.54, 1.807) is 0 Å². The van der Waals surface area contributed by atoms with Gasteiger partial charge in [0.05, 0.1) is 22.9 Å².